The quantitative estimate of drug-likeness (QED) is 0.837. The van der Waals surface area contributed by atoms with Gasteiger partial charge in [0.2, 0.25) is 5.91 Å². The van der Waals surface area contributed by atoms with Crippen molar-refractivity contribution in [1.82, 2.24) is 5.32 Å². The predicted octanol–water partition coefficient (Wildman–Crippen LogP) is 1.74. The second-order valence-electron chi connectivity index (χ2n) is 5.56. The minimum absolute atomic E-state index is 0.0324. The van der Waals surface area contributed by atoms with Crippen LogP contribution < -0.4 is 10.2 Å². The van der Waals surface area contributed by atoms with Gasteiger partial charge in [0.25, 0.3) is 0 Å². The summed E-state index contributed by atoms with van der Waals surface area (Å²) in [6.07, 6.45) is 0.541. The van der Waals surface area contributed by atoms with E-state index in [1.165, 1.54) is 0 Å². The summed E-state index contributed by atoms with van der Waals surface area (Å²) in [6, 6.07) is 9.48. The molecule has 1 aliphatic rings. The van der Waals surface area contributed by atoms with Crippen LogP contribution in [0.3, 0.4) is 0 Å². The zero-order valence-electron chi connectivity index (χ0n) is 12.3. The van der Waals surface area contributed by atoms with E-state index in [9.17, 15) is 9.59 Å². The molecule has 2 N–H and O–H groups in total. The molecule has 0 spiro atoms. The van der Waals surface area contributed by atoms with Crippen LogP contribution in [0.5, 0.6) is 0 Å². The number of hydrogen-bond donors (Lipinski definition) is 2. The number of carboxylic acid groups (broad SMARTS) is 1. The second-order valence-corrected chi connectivity index (χ2v) is 5.56. The average molecular weight is 290 g/mol. The molecule has 0 aliphatic carbocycles. The lowest BCUT2D eigenvalue weighted by Gasteiger charge is -2.27. The standard InChI is InChI=1S/C16H22N2O3/c1-12-10-17-11-14(12)16(21)18(9-5-8-15(19)20)13-6-3-2-4-7-13/h2-4,6-7,12,14,17H,5,8-11H2,1H3,(H,19,20). The maximum absolute atomic E-state index is 12.8. The molecular formula is C16H22N2O3. The maximum Gasteiger partial charge on any atom is 0.303 e. The minimum atomic E-state index is -0.827. The highest BCUT2D eigenvalue weighted by atomic mass is 16.4. The lowest BCUT2D eigenvalue weighted by Crippen LogP contribution is -2.39. The molecule has 5 heteroatoms. The van der Waals surface area contributed by atoms with Crippen LogP contribution in [-0.4, -0.2) is 36.6 Å². The molecule has 0 radical (unpaired) electrons. The van der Waals surface area contributed by atoms with Gasteiger partial charge in [-0.05, 0) is 31.0 Å². The van der Waals surface area contributed by atoms with Crippen molar-refractivity contribution in [2.24, 2.45) is 11.8 Å². The lowest BCUT2D eigenvalue weighted by molar-refractivity contribution is -0.137. The third-order valence-electron chi connectivity index (χ3n) is 3.94. The molecule has 0 aromatic heterocycles. The first kappa shape index (κ1) is 15.5. The maximum atomic E-state index is 12.8. The highest BCUT2D eigenvalue weighted by molar-refractivity contribution is 5.95. The summed E-state index contributed by atoms with van der Waals surface area (Å²) in [5.74, 6) is -0.464. The first-order valence-corrected chi connectivity index (χ1v) is 7.38. The molecule has 21 heavy (non-hydrogen) atoms. The Morgan fingerprint density at radius 1 is 1.29 bits per heavy atom. The highest BCUT2D eigenvalue weighted by Crippen LogP contribution is 2.23. The second kappa shape index (κ2) is 7.22. The average Bonchev–Trinajstić information content (AvgIpc) is 2.90. The van der Waals surface area contributed by atoms with E-state index in [1.54, 1.807) is 4.90 Å². The number of hydrogen-bond acceptors (Lipinski definition) is 3. The van der Waals surface area contributed by atoms with Gasteiger partial charge in [-0.15, -0.1) is 0 Å². The molecule has 2 rings (SSSR count). The molecule has 2 unspecified atom stereocenters. The molecular weight excluding hydrogens is 268 g/mol. The van der Waals surface area contributed by atoms with Crippen LogP contribution in [0, 0.1) is 11.8 Å². The molecule has 0 bridgehead atoms. The van der Waals surface area contributed by atoms with Crippen LogP contribution in [0.1, 0.15) is 19.8 Å². The van der Waals surface area contributed by atoms with Gasteiger partial charge in [-0.25, -0.2) is 0 Å². The normalized spacial score (nSPS) is 21.2. The Bertz CT molecular complexity index is 490. The monoisotopic (exact) mass is 290 g/mol. The number of benzene rings is 1. The fourth-order valence-corrected chi connectivity index (χ4v) is 2.70. The van der Waals surface area contributed by atoms with Gasteiger partial charge in [-0.1, -0.05) is 25.1 Å². The van der Waals surface area contributed by atoms with E-state index < -0.39 is 5.97 Å². The van der Waals surface area contributed by atoms with Crippen LogP contribution in [-0.2, 0) is 9.59 Å². The number of carbonyl (C=O) groups excluding carboxylic acids is 1. The Kier molecular flexibility index (Phi) is 5.33. The van der Waals surface area contributed by atoms with Crippen molar-refractivity contribution in [1.29, 1.82) is 0 Å². The van der Waals surface area contributed by atoms with Crippen molar-refractivity contribution in [3.8, 4) is 0 Å². The molecule has 0 saturated carbocycles. The van der Waals surface area contributed by atoms with Crippen LogP contribution in [0.25, 0.3) is 0 Å². The number of anilines is 1. The number of nitrogens with one attached hydrogen (secondary N) is 1. The van der Waals surface area contributed by atoms with Crippen molar-refractivity contribution in [2.75, 3.05) is 24.5 Å². The molecule has 2 atom stereocenters. The molecule has 1 aromatic carbocycles. The first-order chi connectivity index (χ1) is 10.1. The number of carboxylic acids is 1. The minimum Gasteiger partial charge on any atom is -0.481 e. The number of carbonyl (C=O) groups is 2. The van der Waals surface area contributed by atoms with Crippen molar-refractivity contribution in [3.63, 3.8) is 0 Å². The number of para-hydroxylation sites is 1. The molecule has 1 aliphatic heterocycles. The third-order valence-corrected chi connectivity index (χ3v) is 3.94. The zero-order valence-corrected chi connectivity index (χ0v) is 12.3. The van der Waals surface area contributed by atoms with E-state index in [0.29, 0.717) is 25.4 Å². The Balaban J connectivity index is 2.11. The number of amides is 1. The molecule has 1 aromatic rings. The Morgan fingerprint density at radius 2 is 2.00 bits per heavy atom. The van der Waals surface area contributed by atoms with Gasteiger partial charge in [-0.3, -0.25) is 9.59 Å². The summed E-state index contributed by atoms with van der Waals surface area (Å²) in [6.45, 7) is 4.07. The predicted molar refractivity (Wildman–Crippen MR) is 81.2 cm³/mol. The molecule has 114 valence electrons. The van der Waals surface area contributed by atoms with E-state index in [0.717, 1.165) is 12.2 Å². The molecule has 1 fully saturated rings. The summed E-state index contributed by atoms with van der Waals surface area (Å²) < 4.78 is 0. The van der Waals surface area contributed by atoms with Gasteiger partial charge in [0.15, 0.2) is 0 Å². The van der Waals surface area contributed by atoms with Gasteiger partial charge in [0.05, 0.1) is 5.92 Å². The Hall–Kier alpha value is -1.88. The topological polar surface area (TPSA) is 69.6 Å². The SMILES string of the molecule is CC1CNCC1C(=O)N(CCCC(=O)O)c1ccccc1. The zero-order chi connectivity index (χ0) is 15.2. The Morgan fingerprint density at radius 3 is 2.57 bits per heavy atom. The van der Waals surface area contributed by atoms with E-state index in [-0.39, 0.29) is 18.2 Å². The van der Waals surface area contributed by atoms with Gasteiger partial charge >= 0.3 is 5.97 Å². The van der Waals surface area contributed by atoms with E-state index in [2.05, 4.69) is 12.2 Å². The van der Waals surface area contributed by atoms with Crippen molar-refractivity contribution in [2.45, 2.75) is 19.8 Å². The van der Waals surface area contributed by atoms with Crippen molar-refractivity contribution >= 4 is 17.6 Å². The van der Waals surface area contributed by atoms with Gasteiger partial charge < -0.3 is 15.3 Å². The van der Waals surface area contributed by atoms with Crippen LogP contribution in [0.4, 0.5) is 5.69 Å². The summed E-state index contributed by atoms with van der Waals surface area (Å²) in [5, 5.41) is 12.0. The lowest BCUT2D eigenvalue weighted by atomic mass is 9.96. The van der Waals surface area contributed by atoms with E-state index in [4.69, 9.17) is 5.11 Å². The number of nitrogens with zero attached hydrogens (tertiary/aromatic N) is 1. The number of aliphatic carboxylic acids is 1. The van der Waals surface area contributed by atoms with Crippen molar-refractivity contribution in [3.05, 3.63) is 30.3 Å². The Labute approximate surface area is 125 Å². The number of rotatable bonds is 6. The third kappa shape index (κ3) is 4.04. The van der Waals surface area contributed by atoms with Crippen LogP contribution in [0.15, 0.2) is 30.3 Å². The van der Waals surface area contributed by atoms with Gasteiger partial charge in [0.1, 0.15) is 0 Å². The van der Waals surface area contributed by atoms with Gasteiger partial charge in [-0.2, -0.15) is 0 Å². The summed E-state index contributed by atoms with van der Waals surface area (Å²) in [7, 11) is 0. The van der Waals surface area contributed by atoms with E-state index in [1.807, 2.05) is 30.3 Å². The molecule has 1 saturated heterocycles. The fraction of sp³-hybridized carbons (Fsp3) is 0.500. The van der Waals surface area contributed by atoms with Crippen molar-refractivity contribution < 1.29 is 14.7 Å². The fourth-order valence-electron chi connectivity index (χ4n) is 2.70. The molecule has 5 nitrogen and oxygen atoms in total. The van der Waals surface area contributed by atoms with Gasteiger partial charge in [0, 0.05) is 25.2 Å². The molecule has 1 amide bonds. The molecule has 1 heterocycles. The summed E-state index contributed by atoms with van der Waals surface area (Å²) in [5.41, 5.74) is 0.840. The smallest absolute Gasteiger partial charge is 0.303 e. The largest absolute Gasteiger partial charge is 0.481 e. The van der Waals surface area contributed by atoms with Crippen LogP contribution >= 0.6 is 0 Å². The first-order valence-electron chi connectivity index (χ1n) is 7.38. The van der Waals surface area contributed by atoms with E-state index >= 15 is 0 Å². The van der Waals surface area contributed by atoms with Crippen LogP contribution in [0.2, 0.25) is 0 Å². The summed E-state index contributed by atoms with van der Waals surface area (Å²) in [4.78, 5) is 25.2. The summed E-state index contributed by atoms with van der Waals surface area (Å²) >= 11 is 0. The highest BCUT2D eigenvalue weighted by Gasteiger charge is 2.33.